The van der Waals surface area contributed by atoms with Crippen molar-refractivity contribution in [3.05, 3.63) is 88.5 Å². The van der Waals surface area contributed by atoms with Crippen LogP contribution in [-0.2, 0) is 11.2 Å². The molecule has 1 N–H and O–H groups in total. The number of hydrogen-bond acceptors (Lipinski definition) is 3. The van der Waals surface area contributed by atoms with E-state index >= 15 is 0 Å². The SMILES string of the molecule is Cc1nn(-c2ccc(F)cc2)c2c1C[C@]1(C(=O)O)C[C@@H](N(C(=O)c3ccccc3)C3CC3)CCC1=C2. The van der Waals surface area contributed by atoms with Gasteiger partial charge in [0.1, 0.15) is 5.82 Å². The number of fused-ring (bicyclic) bond motifs is 2. The average Bonchev–Trinajstić information content (AvgIpc) is 3.67. The molecule has 0 radical (unpaired) electrons. The number of aliphatic carboxylic acids is 1. The highest BCUT2D eigenvalue weighted by Gasteiger charge is 2.52. The Labute approximate surface area is 209 Å². The molecule has 6 rings (SSSR count). The summed E-state index contributed by atoms with van der Waals surface area (Å²) in [6.45, 7) is 1.89. The van der Waals surface area contributed by atoms with E-state index in [2.05, 4.69) is 0 Å². The van der Waals surface area contributed by atoms with Crippen molar-refractivity contribution in [3.63, 3.8) is 0 Å². The maximum Gasteiger partial charge on any atom is 0.314 e. The van der Waals surface area contributed by atoms with Gasteiger partial charge in [-0.1, -0.05) is 23.8 Å². The van der Waals surface area contributed by atoms with Crippen molar-refractivity contribution < 1.29 is 19.1 Å². The molecule has 184 valence electrons. The maximum absolute atomic E-state index is 13.5. The Morgan fingerprint density at radius 1 is 1.06 bits per heavy atom. The van der Waals surface area contributed by atoms with Crippen LogP contribution in [0.1, 0.15) is 59.4 Å². The van der Waals surface area contributed by atoms with Gasteiger partial charge in [-0.15, -0.1) is 0 Å². The molecule has 2 saturated carbocycles. The predicted molar refractivity (Wildman–Crippen MR) is 133 cm³/mol. The zero-order chi connectivity index (χ0) is 25.0. The van der Waals surface area contributed by atoms with Crippen LogP contribution < -0.4 is 0 Å². The molecule has 0 saturated heterocycles. The van der Waals surface area contributed by atoms with Gasteiger partial charge < -0.3 is 10.0 Å². The van der Waals surface area contributed by atoms with Gasteiger partial charge in [0.15, 0.2) is 0 Å². The summed E-state index contributed by atoms with van der Waals surface area (Å²) in [5.41, 5.74) is 3.74. The number of aromatic nitrogens is 2. The van der Waals surface area contributed by atoms with Crippen LogP contribution >= 0.6 is 0 Å². The molecule has 2 atom stereocenters. The van der Waals surface area contributed by atoms with Gasteiger partial charge in [0.2, 0.25) is 0 Å². The van der Waals surface area contributed by atoms with E-state index < -0.39 is 11.4 Å². The van der Waals surface area contributed by atoms with Gasteiger partial charge in [-0.3, -0.25) is 9.59 Å². The molecular weight excluding hydrogens is 457 g/mol. The third-order valence-corrected chi connectivity index (χ3v) is 8.03. The molecule has 3 aliphatic rings. The minimum Gasteiger partial charge on any atom is -0.481 e. The van der Waals surface area contributed by atoms with Gasteiger partial charge in [-0.25, -0.2) is 9.07 Å². The molecule has 2 aromatic carbocycles. The summed E-state index contributed by atoms with van der Waals surface area (Å²) in [5.74, 6) is -1.17. The Balaban J connectivity index is 1.37. The molecule has 1 aromatic heterocycles. The molecular formula is C29H28FN3O3. The number of amides is 1. The second-order valence-electron chi connectivity index (χ2n) is 10.3. The summed E-state index contributed by atoms with van der Waals surface area (Å²) in [6.07, 6.45) is 5.98. The van der Waals surface area contributed by atoms with Crippen LogP contribution in [0, 0.1) is 18.2 Å². The molecule has 36 heavy (non-hydrogen) atoms. The molecule has 3 aromatic rings. The summed E-state index contributed by atoms with van der Waals surface area (Å²) in [6, 6.07) is 15.5. The molecule has 0 spiro atoms. The van der Waals surface area contributed by atoms with Crippen LogP contribution in [0.25, 0.3) is 11.8 Å². The number of hydrogen-bond donors (Lipinski definition) is 1. The number of rotatable bonds is 5. The number of carbonyl (C=O) groups is 2. The average molecular weight is 486 g/mol. The summed E-state index contributed by atoms with van der Waals surface area (Å²) in [7, 11) is 0. The highest BCUT2D eigenvalue weighted by molar-refractivity contribution is 5.95. The standard InChI is InChI=1S/C29H28FN3O3/c1-18-25-17-29(28(35)36)16-24(32(22-13-14-22)27(34)19-5-3-2-4-6-19)10-7-20(29)15-26(25)33(31-18)23-11-8-21(30)9-12-23/h2-6,8-9,11-12,15,22,24H,7,10,13-14,16-17H2,1H3,(H,35,36)/t24-,29+/m0/s1. The molecule has 7 heteroatoms. The minimum absolute atomic E-state index is 0.00660. The second kappa shape index (κ2) is 8.43. The van der Waals surface area contributed by atoms with Crippen molar-refractivity contribution in [3.8, 4) is 5.69 Å². The van der Waals surface area contributed by atoms with E-state index in [4.69, 9.17) is 5.10 Å². The van der Waals surface area contributed by atoms with E-state index in [-0.39, 0.29) is 23.8 Å². The quantitative estimate of drug-likeness (QED) is 0.540. The van der Waals surface area contributed by atoms with Crippen LogP contribution in [0.3, 0.4) is 0 Å². The molecule has 6 nitrogen and oxygen atoms in total. The van der Waals surface area contributed by atoms with Crippen molar-refractivity contribution in [2.75, 3.05) is 0 Å². The predicted octanol–water partition coefficient (Wildman–Crippen LogP) is 5.19. The molecule has 1 heterocycles. The summed E-state index contributed by atoms with van der Waals surface area (Å²) in [5, 5.41) is 15.3. The van der Waals surface area contributed by atoms with Crippen molar-refractivity contribution in [1.29, 1.82) is 0 Å². The summed E-state index contributed by atoms with van der Waals surface area (Å²) >= 11 is 0. The lowest BCUT2D eigenvalue weighted by atomic mass is 9.62. The van der Waals surface area contributed by atoms with E-state index in [0.717, 1.165) is 47.5 Å². The topological polar surface area (TPSA) is 75.4 Å². The first kappa shape index (κ1) is 22.7. The maximum atomic E-state index is 13.5. The van der Waals surface area contributed by atoms with Crippen LogP contribution in [0.2, 0.25) is 0 Å². The highest BCUT2D eigenvalue weighted by atomic mass is 19.1. The van der Waals surface area contributed by atoms with E-state index in [1.807, 2.05) is 48.2 Å². The number of carbonyl (C=O) groups excluding carboxylic acids is 1. The second-order valence-corrected chi connectivity index (χ2v) is 10.3. The summed E-state index contributed by atoms with van der Waals surface area (Å²) < 4.78 is 15.3. The van der Waals surface area contributed by atoms with E-state index in [1.165, 1.54) is 12.1 Å². The first-order valence-corrected chi connectivity index (χ1v) is 12.5. The van der Waals surface area contributed by atoms with Crippen molar-refractivity contribution >= 4 is 18.0 Å². The Morgan fingerprint density at radius 3 is 2.44 bits per heavy atom. The fourth-order valence-corrected chi connectivity index (χ4v) is 6.03. The lowest BCUT2D eigenvalue weighted by Crippen LogP contribution is -2.51. The van der Waals surface area contributed by atoms with Crippen molar-refractivity contribution in [1.82, 2.24) is 14.7 Å². The van der Waals surface area contributed by atoms with Gasteiger partial charge in [0, 0.05) is 23.2 Å². The monoisotopic (exact) mass is 485 g/mol. The van der Waals surface area contributed by atoms with Crippen LogP contribution in [-0.4, -0.2) is 43.7 Å². The summed E-state index contributed by atoms with van der Waals surface area (Å²) in [4.78, 5) is 28.4. The van der Waals surface area contributed by atoms with Gasteiger partial charge in [0.05, 0.1) is 22.5 Å². The fraction of sp³-hybridized carbons (Fsp3) is 0.345. The Morgan fingerprint density at radius 2 is 1.78 bits per heavy atom. The smallest absolute Gasteiger partial charge is 0.314 e. The van der Waals surface area contributed by atoms with Crippen molar-refractivity contribution in [2.45, 2.75) is 57.5 Å². The zero-order valence-corrected chi connectivity index (χ0v) is 20.2. The lowest BCUT2D eigenvalue weighted by Gasteiger charge is -2.45. The van der Waals surface area contributed by atoms with E-state index in [1.54, 1.807) is 16.8 Å². The third-order valence-electron chi connectivity index (χ3n) is 8.03. The Hall–Kier alpha value is -3.74. The molecule has 0 aliphatic heterocycles. The normalized spacial score (nSPS) is 22.8. The first-order chi connectivity index (χ1) is 17.4. The lowest BCUT2D eigenvalue weighted by molar-refractivity contribution is -0.148. The molecule has 3 aliphatic carbocycles. The number of aryl methyl sites for hydroxylation is 1. The molecule has 1 amide bonds. The largest absolute Gasteiger partial charge is 0.481 e. The van der Waals surface area contributed by atoms with E-state index in [9.17, 15) is 19.1 Å². The molecule has 2 fully saturated rings. The zero-order valence-electron chi connectivity index (χ0n) is 20.2. The third kappa shape index (κ3) is 3.65. The minimum atomic E-state index is -1.07. The number of nitrogens with zero attached hydrogens (tertiary/aromatic N) is 3. The van der Waals surface area contributed by atoms with Gasteiger partial charge >= 0.3 is 5.97 Å². The Kier molecular flexibility index (Phi) is 5.32. The Bertz CT molecular complexity index is 1370. The highest BCUT2D eigenvalue weighted by Crippen LogP contribution is 2.51. The number of benzene rings is 2. The van der Waals surface area contributed by atoms with Gasteiger partial charge in [-0.2, -0.15) is 5.10 Å². The van der Waals surface area contributed by atoms with Crippen LogP contribution in [0.15, 0.2) is 60.2 Å². The number of carboxylic acid groups (broad SMARTS) is 1. The van der Waals surface area contributed by atoms with Crippen LogP contribution in [0.5, 0.6) is 0 Å². The number of halogens is 1. The fourth-order valence-electron chi connectivity index (χ4n) is 6.03. The van der Waals surface area contributed by atoms with E-state index in [0.29, 0.717) is 24.8 Å². The first-order valence-electron chi connectivity index (χ1n) is 12.5. The van der Waals surface area contributed by atoms with Crippen molar-refractivity contribution in [2.24, 2.45) is 5.41 Å². The number of carboxylic acids is 1. The molecule has 0 bridgehead atoms. The van der Waals surface area contributed by atoms with Gasteiger partial charge in [0.25, 0.3) is 5.91 Å². The van der Waals surface area contributed by atoms with Crippen LogP contribution in [0.4, 0.5) is 4.39 Å². The van der Waals surface area contributed by atoms with Gasteiger partial charge in [-0.05, 0) is 87.9 Å². The molecule has 0 unspecified atom stereocenters.